The zero-order valence-corrected chi connectivity index (χ0v) is 13.5. The highest BCUT2D eigenvalue weighted by molar-refractivity contribution is 5.88. The summed E-state index contributed by atoms with van der Waals surface area (Å²) in [5.41, 5.74) is 4.72. The number of rotatable bonds is 9. The molecule has 0 aromatic heterocycles. The number of ether oxygens (including phenoxy) is 1. The number of amides is 2. The first-order chi connectivity index (χ1) is 11.7. The van der Waals surface area contributed by atoms with Crippen molar-refractivity contribution >= 4 is 23.5 Å². The molecule has 0 aliphatic carbocycles. The van der Waals surface area contributed by atoms with E-state index >= 15 is 0 Å². The fourth-order valence-corrected chi connectivity index (χ4v) is 2.00. The summed E-state index contributed by atoms with van der Waals surface area (Å²) >= 11 is 0. The maximum Gasteiger partial charge on any atom is 0.306 e. The summed E-state index contributed by atoms with van der Waals surface area (Å²) in [6, 6.07) is 1.97. The van der Waals surface area contributed by atoms with Crippen LogP contribution in [-0.2, 0) is 25.5 Å². The van der Waals surface area contributed by atoms with Crippen molar-refractivity contribution in [2.45, 2.75) is 32.2 Å². The van der Waals surface area contributed by atoms with E-state index in [1.165, 1.54) is 6.07 Å². The molecule has 2 amide bonds. The maximum atomic E-state index is 13.3. The van der Waals surface area contributed by atoms with Crippen molar-refractivity contribution in [3.8, 4) is 0 Å². The van der Waals surface area contributed by atoms with Crippen LogP contribution in [0.2, 0.25) is 0 Å². The van der Waals surface area contributed by atoms with E-state index in [0.29, 0.717) is 0 Å². The van der Waals surface area contributed by atoms with Gasteiger partial charge in [0.05, 0.1) is 18.0 Å². The molecule has 136 valence electrons. The lowest BCUT2D eigenvalue weighted by Crippen LogP contribution is -2.45. The Morgan fingerprint density at radius 2 is 2.04 bits per heavy atom. The lowest BCUT2D eigenvalue weighted by Gasteiger charge is -2.15. The van der Waals surface area contributed by atoms with E-state index in [-0.39, 0.29) is 31.4 Å². The monoisotopic (exact) mass is 355 g/mol. The lowest BCUT2D eigenvalue weighted by molar-refractivity contribution is -0.387. The molecule has 0 spiro atoms. The van der Waals surface area contributed by atoms with Gasteiger partial charge in [-0.2, -0.15) is 4.39 Å². The Morgan fingerprint density at radius 3 is 2.60 bits per heavy atom. The van der Waals surface area contributed by atoms with Gasteiger partial charge >= 0.3 is 11.7 Å². The third-order valence-corrected chi connectivity index (χ3v) is 3.19. The first kappa shape index (κ1) is 20.0. The van der Waals surface area contributed by atoms with Gasteiger partial charge in [-0.15, -0.1) is 0 Å². The smallest absolute Gasteiger partial charge is 0.306 e. The Morgan fingerprint density at radius 1 is 1.36 bits per heavy atom. The summed E-state index contributed by atoms with van der Waals surface area (Å²) in [6.45, 7) is 1.82. The van der Waals surface area contributed by atoms with E-state index in [9.17, 15) is 28.9 Å². The highest BCUT2D eigenvalue weighted by Crippen LogP contribution is 2.19. The third kappa shape index (κ3) is 6.53. The molecule has 0 saturated carbocycles. The predicted molar refractivity (Wildman–Crippen MR) is 83.8 cm³/mol. The predicted octanol–water partition coefficient (Wildman–Crippen LogP) is 0.590. The van der Waals surface area contributed by atoms with Gasteiger partial charge in [-0.05, 0) is 18.6 Å². The van der Waals surface area contributed by atoms with Gasteiger partial charge in [0, 0.05) is 18.9 Å². The molecule has 1 atom stereocenters. The molecule has 3 N–H and O–H groups in total. The topological polar surface area (TPSA) is 142 Å². The number of hydrogen-bond acceptors (Lipinski definition) is 6. The highest BCUT2D eigenvalue weighted by Gasteiger charge is 2.21. The van der Waals surface area contributed by atoms with Crippen molar-refractivity contribution < 1.29 is 28.4 Å². The highest BCUT2D eigenvalue weighted by atomic mass is 19.1. The van der Waals surface area contributed by atoms with Gasteiger partial charge in [-0.25, -0.2) is 0 Å². The molecule has 0 bridgehead atoms. The number of nitro groups is 1. The van der Waals surface area contributed by atoms with Gasteiger partial charge in [0.2, 0.25) is 17.6 Å². The number of carbonyl (C=O) groups is 3. The fourth-order valence-electron chi connectivity index (χ4n) is 2.00. The summed E-state index contributed by atoms with van der Waals surface area (Å²) < 4.78 is 18.0. The molecule has 1 rings (SSSR count). The molecule has 0 aliphatic rings. The molecule has 0 aliphatic heterocycles. The standard InChI is InChI=1S/C15H18FN3O6/c1-2-25-14(21)6-5-13(20)18-11(15(17)22)7-9-3-4-10(16)12(8-9)19(23)24/h3-4,8,11H,2,5-7H2,1H3,(H2,17,22)(H,18,20)/t11-/m1/s1. The third-order valence-electron chi connectivity index (χ3n) is 3.19. The normalized spacial score (nSPS) is 11.4. The van der Waals surface area contributed by atoms with E-state index in [0.717, 1.165) is 12.1 Å². The SMILES string of the molecule is CCOC(=O)CCC(=O)N[C@H](Cc1ccc(F)c([N+](=O)[O-])c1)C(N)=O. The van der Waals surface area contributed by atoms with Crippen molar-refractivity contribution in [3.05, 3.63) is 39.7 Å². The molecule has 0 radical (unpaired) electrons. The summed E-state index contributed by atoms with van der Waals surface area (Å²) in [5.74, 6) is -3.03. The van der Waals surface area contributed by atoms with E-state index in [4.69, 9.17) is 5.73 Å². The number of nitrogens with one attached hydrogen (secondary N) is 1. The minimum atomic E-state index is -1.15. The molecule has 1 aromatic rings. The van der Waals surface area contributed by atoms with Crippen molar-refractivity contribution in [1.29, 1.82) is 0 Å². The maximum absolute atomic E-state index is 13.3. The van der Waals surface area contributed by atoms with Gasteiger partial charge in [0.25, 0.3) is 0 Å². The Balaban J connectivity index is 2.73. The van der Waals surface area contributed by atoms with Gasteiger partial charge < -0.3 is 15.8 Å². The number of nitrogens with two attached hydrogens (primary N) is 1. The molecule has 9 nitrogen and oxygen atoms in total. The van der Waals surface area contributed by atoms with Crippen LogP contribution in [0.25, 0.3) is 0 Å². The van der Waals surface area contributed by atoms with Crippen LogP contribution in [0.5, 0.6) is 0 Å². The number of esters is 1. The largest absolute Gasteiger partial charge is 0.466 e. The quantitative estimate of drug-likeness (QED) is 0.377. The molecule has 0 saturated heterocycles. The second-order valence-electron chi connectivity index (χ2n) is 5.07. The first-order valence-corrected chi connectivity index (χ1v) is 7.41. The number of nitrogens with zero attached hydrogens (tertiary/aromatic N) is 1. The second-order valence-corrected chi connectivity index (χ2v) is 5.07. The molecule has 0 heterocycles. The Bertz CT molecular complexity index is 679. The van der Waals surface area contributed by atoms with Crippen molar-refractivity contribution in [1.82, 2.24) is 5.32 Å². The lowest BCUT2D eigenvalue weighted by atomic mass is 10.0. The molecular formula is C15H18FN3O6. The average Bonchev–Trinajstić information content (AvgIpc) is 2.54. The van der Waals surface area contributed by atoms with Crippen LogP contribution in [0.3, 0.4) is 0 Å². The average molecular weight is 355 g/mol. The number of halogens is 1. The molecule has 0 fully saturated rings. The first-order valence-electron chi connectivity index (χ1n) is 7.41. The van der Waals surface area contributed by atoms with Crippen LogP contribution in [0, 0.1) is 15.9 Å². The van der Waals surface area contributed by atoms with Crippen molar-refractivity contribution in [2.75, 3.05) is 6.61 Å². The zero-order chi connectivity index (χ0) is 19.0. The summed E-state index contributed by atoms with van der Waals surface area (Å²) in [4.78, 5) is 44.3. The van der Waals surface area contributed by atoms with E-state index in [1.807, 2.05) is 0 Å². The zero-order valence-electron chi connectivity index (χ0n) is 13.5. The second kappa shape index (κ2) is 9.30. The molecule has 10 heteroatoms. The van der Waals surface area contributed by atoms with Crippen molar-refractivity contribution in [2.24, 2.45) is 5.73 Å². The molecule has 0 unspecified atom stereocenters. The van der Waals surface area contributed by atoms with Crippen LogP contribution in [0.4, 0.5) is 10.1 Å². The van der Waals surface area contributed by atoms with E-state index in [2.05, 4.69) is 10.1 Å². The number of benzene rings is 1. The Hall–Kier alpha value is -3.04. The van der Waals surface area contributed by atoms with Crippen LogP contribution in [0.1, 0.15) is 25.3 Å². The van der Waals surface area contributed by atoms with Gasteiger partial charge in [-0.1, -0.05) is 6.07 Å². The minimum Gasteiger partial charge on any atom is -0.466 e. The Kier molecular flexibility index (Phi) is 7.44. The number of hydrogen-bond donors (Lipinski definition) is 2. The summed E-state index contributed by atoms with van der Waals surface area (Å²) in [6.07, 6.45) is -0.513. The van der Waals surface area contributed by atoms with Gasteiger partial charge in [-0.3, -0.25) is 24.5 Å². The van der Waals surface area contributed by atoms with E-state index in [1.54, 1.807) is 6.92 Å². The van der Waals surface area contributed by atoms with E-state index < -0.39 is 40.3 Å². The summed E-state index contributed by atoms with van der Waals surface area (Å²) in [7, 11) is 0. The van der Waals surface area contributed by atoms with Crippen LogP contribution in [-0.4, -0.2) is 35.4 Å². The fraction of sp³-hybridized carbons (Fsp3) is 0.400. The molecule has 1 aromatic carbocycles. The number of primary amides is 1. The Labute approximate surface area is 142 Å². The van der Waals surface area contributed by atoms with Crippen LogP contribution >= 0.6 is 0 Å². The van der Waals surface area contributed by atoms with Crippen molar-refractivity contribution in [3.63, 3.8) is 0 Å². The molecular weight excluding hydrogens is 337 g/mol. The van der Waals surface area contributed by atoms with Crippen LogP contribution in [0.15, 0.2) is 18.2 Å². The minimum absolute atomic E-state index is 0.151. The summed E-state index contributed by atoms with van der Waals surface area (Å²) in [5, 5.41) is 13.1. The van der Waals surface area contributed by atoms with Gasteiger partial charge in [0.1, 0.15) is 6.04 Å². The number of nitro benzene ring substituents is 1. The van der Waals surface area contributed by atoms with Crippen LogP contribution < -0.4 is 11.1 Å². The molecule has 25 heavy (non-hydrogen) atoms. The van der Waals surface area contributed by atoms with Gasteiger partial charge in [0.15, 0.2) is 0 Å². The number of carbonyl (C=O) groups excluding carboxylic acids is 3.